The summed E-state index contributed by atoms with van der Waals surface area (Å²) >= 11 is 0. The van der Waals surface area contributed by atoms with E-state index in [1.165, 1.54) is 0 Å². The summed E-state index contributed by atoms with van der Waals surface area (Å²) in [6, 6.07) is -0.225. The van der Waals surface area contributed by atoms with Crippen molar-refractivity contribution < 1.29 is 4.79 Å². The van der Waals surface area contributed by atoms with Gasteiger partial charge in [-0.15, -0.1) is 0 Å². The Kier molecular flexibility index (Phi) is 4.87. The topological polar surface area (TPSA) is 79.5 Å². The smallest absolute Gasteiger partial charge is 0.244 e. The molecule has 0 saturated heterocycles. The molecule has 0 aliphatic rings. The van der Waals surface area contributed by atoms with Gasteiger partial charge in [-0.3, -0.25) is 4.79 Å². The van der Waals surface area contributed by atoms with Crippen molar-refractivity contribution in [3.05, 3.63) is 0 Å². The van der Waals surface area contributed by atoms with Crippen molar-refractivity contribution in [2.75, 3.05) is 7.05 Å². The number of carbonyl (C=O) groups is 1. The molecule has 5 nitrogen and oxygen atoms in total. The first-order valence-corrected chi connectivity index (χ1v) is 4.28. The molecule has 4 N–H and O–H groups in total. The predicted molar refractivity (Wildman–Crippen MR) is 53.4 cm³/mol. The molecular weight excluding hydrogens is 168 g/mol. The van der Waals surface area contributed by atoms with E-state index >= 15 is 0 Å². The SMILES string of the molecule is CNC(=O)C(C)N=C(N)NC(C)C. The maximum Gasteiger partial charge on any atom is 0.244 e. The Morgan fingerprint density at radius 2 is 1.92 bits per heavy atom. The largest absolute Gasteiger partial charge is 0.370 e. The summed E-state index contributed by atoms with van der Waals surface area (Å²) in [5.41, 5.74) is 5.53. The highest BCUT2D eigenvalue weighted by Crippen LogP contribution is 1.88. The standard InChI is InChI=1S/C8H18N4O/c1-5(2)11-8(9)12-6(3)7(13)10-4/h5-6H,1-4H3,(H,10,13)(H3,9,11,12). The van der Waals surface area contributed by atoms with Gasteiger partial charge in [0.15, 0.2) is 5.96 Å². The summed E-state index contributed by atoms with van der Waals surface area (Å²) in [6.07, 6.45) is 0. The van der Waals surface area contributed by atoms with Crippen LogP contribution in [0.15, 0.2) is 4.99 Å². The highest BCUT2D eigenvalue weighted by Gasteiger charge is 2.09. The van der Waals surface area contributed by atoms with E-state index in [2.05, 4.69) is 15.6 Å². The van der Waals surface area contributed by atoms with Crippen LogP contribution in [0.1, 0.15) is 20.8 Å². The normalized spacial score (nSPS) is 14.1. The van der Waals surface area contributed by atoms with Gasteiger partial charge < -0.3 is 16.4 Å². The van der Waals surface area contributed by atoms with Gasteiger partial charge >= 0.3 is 0 Å². The van der Waals surface area contributed by atoms with Crippen LogP contribution in [0.25, 0.3) is 0 Å². The minimum Gasteiger partial charge on any atom is -0.370 e. The number of likely N-dealkylation sites (N-methyl/N-ethyl adjacent to an activating group) is 1. The molecule has 0 fully saturated rings. The van der Waals surface area contributed by atoms with E-state index in [4.69, 9.17) is 5.73 Å². The Morgan fingerprint density at radius 3 is 2.31 bits per heavy atom. The van der Waals surface area contributed by atoms with Crippen LogP contribution < -0.4 is 16.4 Å². The van der Waals surface area contributed by atoms with E-state index < -0.39 is 6.04 Å². The Balaban J connectivity index is 4.13. The third kappa shape index (κ3) is 5.05. The van der Waals surface area contributed by atoms with Crippen LogP contribution in [0.2, 0.25) is 0 Å². The highest BCUT2D eigenvalue weighted by atomic mass is 16.2. The highest BCUT2D eigenvalue weighted by molar-refractivity contribution is 5.86. The molecule has 76 valence electrons. The summed E-state index contributed by atoms with van der Waals surface area (Å²) in [7, 11) is 1.57. The minimum atomic E-state index is -0.448. The van der Waals surface area contributed by atoms with Gasteiger partial charge in [-0.25, -0.2) is 4.99 Å². The number of nitrogens with one attached hydrogen (secondary N) is 2. The number of amides is 1. The molecule has 0 heterocycles. The molecule has 0 aliphatic carbocycles. The molecule has 0 aromatic carbocycles. The van der Waals surface area contributed by atoms with Crippen LogP contribution in [-0.4, -0.2) is 31.0 Å². The molecular formula is C8H18N4O. The molecule has 0 saturated carbocycles. The lowest BCUT2D eigenvalue weighted by molar-refractivity contribution is -0.121. The predicted octanol–water partition coefficient (Wildman–Crippen LogP) is -0.566. The fourth-order valence-electron chi connectivity index (χ4n) is 0.809. The number of rotatable bonds is 3. The van der Waals surface area contributed by atoms with E-state index in [9.17, 15) is 4.79 Å². The molecule has 0 aliphatic heterocycles. The molecule has 0 bridgehead atoms. The van der Waals surface area contributed by atoms with Gasteiger partial charge in [0.2, 0.25) is 5.91 Å². The van der Waals surface area contributed by atoms with Crippen molar-refractivity contribution in [3.8, 4) is 0 Å². The molecule has 0 aromatic rings. The van der Waals surface area contributed by atoms with Gasteiger partial charge in [0.25, 0.3) is 0 Å². The van der Waals surface area contributed by atoms with Crippen molar-refractivity contribution >= 4 is 11.9 Å². The number of nitrogens with two attached hydrogens (primary N) is 1. The number of guanidine groups is 1. The van der Waals surface area contributed by atoms with Gasteiger partial charge in [0, 0.05) is 13.1 Å². The maximum atomic E-state index is 11.0. The van der Waals surface area contributed by atoms with Crippen LogP contribution in [0.3, 0.4) is 0 Å². The van der Waals surface area contributed by atoms with Crippen molar-refractivity contribution in [1.29, 1.82) is 0 Å². The fourth-order valence-corrected chi connectivity index (χ4v) is 0.809. The van der Waals surface area contributed by atoms with Gasteiger partial charge in [0.05, 0.1) is 0 Å². The Bertz CT molecular complexity index is 200. The van der Waals surface area contributed by atoms with E-state index in [1.54, 1.807) is 14.0 Å². The molecule has 1 amide bonds. The average Bonchev–Trinajstić information content (AvgIpc) is 2.01. The zero-order valence-electron chi connectivity index (χ0n) is 8.59. The summed E-state index contributed by atoms with van der Waals surface area (Å²) in [6.45, 7) is 5.59. The molecule has 5 heteroatoms. The first kappa shape index (κ1) is 11.7. The zero-order chi connectivity index (χ0) is 10.4. The van der Waals surface area contributed by atoms with E-state index in [1.807, 2.05) is 13.8 Å². The summed E-state index contributed by atoms with van der Waals surface area (Å²) < 4.78 is 0. The lowest BCUT2D eigenvalue weighted by atomic mass is 10.3. The van der Waals surface area contributed by atoms with Crippen LogP contribution in [0.4, 0.5) is 0 Å². The quantitative estimate of drug-likeness (QED) is 0.408. The lowest BCUT2D eigenvalue weighted by Gasteiger charge is -2.10. The maximum absolute atomic E-state index is 11.0. The summed E-state index contributed by atoms with van der Waals surface area (Å²) in [5, 5.41) is 5.39. The third-order valence-corrected chi connectivity index (χ3v) is 1.40. The van der Waals surface area contributed by atoms with E-state index in [-0.39, 0.29) is 11.9 Å². The molecule has 13 heavy (non-hydrogen) atoms. The van der Waals surface area contributed by atoms with E-state index in [0.717, 1.165) is 0 Å². The molecule has 0 aromatic heterocycles. The van der Waals surface area contributed by atoms with Crippen LogP contribution in [-0.2, 0) is 4.79 Å². The Labute approximate surface area is 78.8 Å². The monoisotopic (exact) mass is 186 g/mol. The van der Waals surface area contributed by atoms with Crippen LogP contribution >= 0.6 is 0 Å². The van der Waals surface area contributed by atoms with Gasteiger partial charge in [-0.1, -0.05) is 0 Å². The zero-order valence-corrected chi connectivity index (χ0v) is 8.59. The first-order chi connectivity index (χ1) is 5.97. The first-order valence-electron chi connectivity index (χ1n) is 4.28. The fraction of sp³-hybridized carbons (Fsp3) is 0.750. The number of carbonyl (C=O) groups excluding carboxylic acids is 1. The van der Waals surface area contributed by atoms with Crippen molar-refractivity contribution in [2.24, 2.45) is 10.7 Å². The van der Waals surface area contributed by atoms with Crippen LogP contribution in [0.5, 0.6) is 0 Å². The molecule has 0 rings (SSSR count). The second-order valence-electron chi connectivity index (χ2n) is 3.10. The average molecular weight is 186 g/mol. The van der Waals surface area contributed by atoms with Gasteiger partial charge in [-0.2, -0.15) is 0 Å². The Morgan fingerprint density at radius 1 is 1.38 bits per heavy atom. The van der Waals surface area contributed by atoms with Crippen molar-refractivity contribution in [2.45, 2.75) is 32.9 Å². The number of aliphatic imine (C=N–C) groups is 1. The number of hydrogen-bond donors (Lipinski definition) is 3. The van der Waals surface area contributed by atoms with Gasteiger partial charge in [0.1, 0.15) is 6.04 Å². The molecule has 0 radical (unpaired) electrons. The number of hydrogen-bond acceptors (Lipinski definition) is 2. The molecule has 1 unspecified atom stereocenters. The minimum absolute atomic E-state index is 0.145. The second kappa shape index (κ2) is 5.40. The molecule has 1 atom stereocenters. The summed E-state index contributed by atoms with van der Waals surface area (Å²) in [5.74, 6) is 0.152. The van der Waals surface area contributed by atoms with E-state index in [0.29, 0.717) is 5.96 Å². The Hall–Kier alpha value is -1.26. The summed E-state index contributed by atoms with van der Waals surface area (Å²) in [4.78, 5) is 15.0. The number of nitrogens with zero attached hydrogens (tertiary/aromatic N) is 1. The van der Waals surface area contributed by atoms with Crippen molar-refractivity contribution in [1.82, 2.24) is 10.6 Å². The molecule has 0 spiro atoms. The van der Waals surface area contributed by atoms with Gasteiger partial charge in [-0.05, 0) is 20.8 Å². The lowest BCUT2D eigenvalue weighted by Crippen LogP contribution is -2.39. The third-order valence-electron chi connectivity index (χ3n) is 1.40. The second-order valence-corrected chi connectivity index (χ2v) is 3.10. The van der Waals surface area contributed by atoms with Crippen molar-refractivity contribution in [3.63, 3.8) is 0 Å². The van der Waals surface area contributed by atoms with Crippen LogP contribution in [0, 0.1) is 0 Å².